The highest BCUT2D eigenvalue weighted by Gasteiger charge is 2.34. The molecule has 5 rings (SSSR count). The largest absolute Gasteiger partial charge is 0.494 e. The van der Waals surface area contributed by atoms with Gasteiger partial charge in [0.1, 0.15) is 22.9 Å². The van der Waals surface area contributed by atoms with E-state index in [2.05, 4.69) is 10.1 Å². The summed E-state index contributed by atoms with van der Waals surface area (Å²) in [5.74, 6) is -0.227. The number of benzene rings is 2. The molecule has 10 heteroatoms. The third-order valence-corrected chi connectivity index (χ3v) is 6.85. The Labute approximate surface area is 219 Å². The van der Waals surface area contributed by atoms with Crippen LogP contribution in [0.3, 0.4) is 0 Å². The van der Waals surface area contributed by atoms with E-state index in [4.69, 9.17) is 9.47 Å². The molecule has 1 fully saturated rings. The maximum absolute atomic E-state index is 13.7. The molecule has 3 heterocycles. The van der Waals surface area contributed by atoms with Crippen molar-refractivity contribution in [3.63, 3.8) is 0 Å². The number of aromatic nitrogens is 4. The third kappa shape index (κ3) is 4.38. The Kier molecular flexibility index (Phi) is 6.87. The second kappa shape index (κ2) is 10.4. The lowest BCUT2D eigenvalue weighted by molar-refractivity contribution is 0.0784. The Morgan fingerprint density at radius 2 is 1.76 bits per heavy atom. The van der Waals surface area contributed by atoms with Gasteiger partial charge in [-0.3, -0.25) is 18.8 Å². The van der Waals surface area contributed by atoms with E-state index in [1.807, 2.05) is 37.3 Å². The number of amides is 1. The molecule has 4 aromatic rings. The Morgan fingerprint density at radius 1 is 1.05 bits per heavy atom. The normalized spacial score (nSPS) is 15.0. The Balaban J connectivity index is 1.66. The van der Waals surface area contributed by atoms with Gasteiger partial charge in [-0.2, -0.15) is 10.1 Å². The van der Waals surface area contributed by atoms with Crippen LogP contribution in [-0.2, 0) is 6.54 Å². The quantitative estimate of drug-likeness (QED) is 0.401. The van der Waals surface area contributed by atoms with Crippen LogP contribution in [0.4, 0.5) is 0 Å². The van der Waals surface area contributed by atoms with E-state index in [0.717, 1.165) is 12.0 Å². The van der Waals surface area contributed by atoms with E-state index in [1.165, 1.54) is 18.8 Å². The van der Waals surface area contributed by atoms with Crippen molar-refractivity contribution >= 4 is 5.91 Å². The van der Waals surface area contributed by atoms with Gasteiger partial charge in [-0.05, 0) is 37.1 Å². The van der Waals surface area contributed by atoms with E-state index >= 15 is 0 Å². The summed E-state index contributed by atoms with van der Waals surface area (Å²) in [6.07, 6.45) is 2.50. The standard InChI is InChI=1S/C28H29N5O5/c1-4-32-16-14-20(30-32)25-29-26(34)23(27(35)31-15-13-19(17-31)18-9-6-5-7-10-18)28(36)33(25)24-21(37-2)11-8-12-22(24)38-3/h5-12,14,16,19,36H,4,13,15,17H2,1-3H3/t19-/m1/s1. The lowest BCUT2D eigenvalue weighted by atomic mass is 9.99. The fourth-order valence-corrected chi connectivity index (χ4v) is 4.89. The molecule has 1 N–H and O–H groups in total. The number of nitrogens with zero attached hydrogens (tertiary/aromatic N) is 5. The highest BCUT2D eigenvalue weighted by molar-refractivity contribution is 5.96. The molecule has 38 heavy (non-hydrogen) atoms. The lowest BCUT2D eigenvalue weighted by Crippen LogP contribution is -2.34. The van der Waals surface area contributed by atoms with Gasteiger partial charge in [0.05, 0.1) is 14.2 Å². The van der Waals surface area contributed by atoms with Gasteiger partial charge in [-0.25, -0.2) is 0 Å². The molecule has 0 aliphatic carbocycles. The zero-order valence-electron chi connectivity index (χ0n) is 21.5. The number of ether oxygens (including phenoxy) is 2. The smallest absolute Gasteiger partial charge is 0.290 e. The number of aryl methyl sites for hydroxylation is 1. The van der Waals surface area contributed by atoms with Gasteiger partial charge in [0.15, 0.2) is 11.4 Å². The van der Waals surface area contributed by atoms with Crippen LogP contribution in [0.2, 0.25) is 0 Å². The minimum absolute atomic E-state index is 0.0580. The Hall–Kier alpha value is -4.60. The van der Waals surface area contributed by atoms with Crippen LogP contribution in [0.25, 0.3) is 17.2 Å². The van der Waals surface area contributed by atoms with Crippen LogP contribution in [0, 0.1) is 0 Å². The molecule has 1 aliphatic heterocycles. The first-order valence-electron chi connectivity index (χ1n) is 12.4. The fraction of sp³-hybridized carbons (Fsp3) is 0.286. The van der Waals surface area contributed by atoms with Gasteiger partial charge in [0.25, 0.3) is 11.5 Å². The highest BCUT2D eigenvalue weighted by atomic mass is 16.5. The topological polar surface area (TPSA) is 112 Å². The first-order chi connectivity index (χ1) is 18.5. The van der Waals surface area contributed by atoms with Crippen molar-refractivity contribution in [3.8, 4) is 34.6 Å². The minimum Gasteiger partial charge on any atom is -0.494 e. The monoisotopic (exact) mass is 515 g/mol. The molecule has 0 unspecified atom stereocenters. The molecule has 1 aliphatic rings. The molecule has 0 saturated carbocycles. The van der Waals surface area contributed by atoms with Crippen molar-refractivity contribution in [1.29, 1.82) is 0 Å². The molecular formula is C28H29N5O5. The number of hydrogen-bond acceptors (Lipinski definition) is 7. The highest BCUT2D eigenvalue weighted by Crippen LogP contribution is 2.38. The number of aromatic hydroxyl groups is 1. The van der Waals surface area contributed by atoms with E-state index < -0.39 is 22.9 Å². The zero-order valence-corrected chi connectivity index (χ0v) is 21.5. The fourth-order valence-electron chi connectivity index (χ4n) is 4.89. The SMILES string of the molecule is CCn1ccc(-c2nc(=O)c(C(=O)N3CC[C@@H](c4ccccc4)C3)c(O)n2-c2c(OC)cccc2OC)n1. The Morgan fingerprint density at radius 3 is 2.39 bits per heavy atom. The summed E-state index contributed by atoms with van der Waals surface area (Å²) < 4.78 is 14.1. The molecule has 0 spiro atoms. The predicted octanol–water partition coefficient (Wildman–Crippen LogP) is 3.47. The van der Waals surface area contributed by atoms with Crippen molar-refractivity contribution in [2.24, 2.45) is 0 Å². The first-order valence-corrected chi connectivity index (χ1v) is 12.4. The van der Waals surface area contributed by atoms with Crippen LogP contribution in [0.15, 0.2) is 65.6 Å². The molecule has 0 bridgehead atoms. The summed E-state index contributed by atoms with van der Waals surface area (Å²) in [6.45, 7) is 3.42. The van der Waals surface area contributed by atoms with Crippen LogP contribution in [-0.4, -0.2) is 62.6 Å². The van der Waals surface area contributed by atoms with Crippen LogP contribution >= 0.6 is 0 Å². The van der Waals surface area contributed by atoms with Gasteiger partial charge < -0.3 is 19.5 Å². The second-order valence-electron chi connectivity index (χ2n) is 8.99. The van der Waals surface area contributed by atoms with Crippen molar-refractivity contribution < 1.29 is 19.4 Å². The van der Waals surface area contributed by atoms with E-state index in [0.29, 0.717) is 42.5 Å². The first kappa shape index (κ1) is 25.1. The predicted molar refractivity (Wildman–Crippen MR) is 141 cm³/mol. The number of para-hydroxylation sites is 1. The van der Waals surface area contributed by atoms with Gasteiger partial charge in [-0.1, -0.05) is 36.4 Å². The molecule has 1 saturated heterocycles. The number of methoxy groups -OCH3 is 2. The average molecular weight is 516 g/mol. The van der Waals surface area contributed by atoms with Crippen LogP contribution in [0.1, 0.15) is 35.2 Å². The summed E-state index contributed by atoms with van der Waals surface area (Å²) in [5.41, 5.74) is 0.521. The number of likely N-dealkylation sites (tertiary alicyclic amines) is 1. The summed E-state index contributed by atoms with van der Waals surface area (Å²) in [6, 6.07) is 16.7. The van der Waals surface area contributed by atoms with Gasteiger partial charge in [0, 0.05) is 31.7 Å². The maximum atomic E-state index is 13.7. The van der Waals surface area contributed by atoms with E-state index in [1.54, 1.807) is 40.0 Å². The van der Waals surface area contributed by atoms with Gasteiger partial charge >= 0.3 is 0 Å². The number of carbonyl (C=O) groups excluding carboxylic acids is 1. The van der Waals surface area contributed by atoms with Crippen molar-refractivity contribution in [3.05, 3.63) is 82.3 Å². The van der Waals surface area contributed by atoms with Crippen molar-refractivity contribution in [1.82, 2.24) is 24.2 Å². The molecule has 2 aromatic heterocycles. The molecule has 10 nitrogen and oxygen atoms in total. The summed E-state index contributed by atoms with van der Waals surface area (Å²) >= 11 is 0. The molecule has 1 amide bonds. The Bertz CT molecular complexity index is 1510. The lowest BCUT2D eigenvalue weighted by Gasteiger charge is -2.22. The third-order valence-electron chi connectivity index (χ3n) is 6.85. The molecule has 196 valence electrons. The summed E-state index contributed by atoms with van der Waals surface area (Å²) in [4.78, 5) is 32.9. The van der Waals surface area contributed by atoms with Crippen molar-refractivity contribution in [2.45, 2.75) is 25.8 Å². The minimum atomic E-state index is -0.832. The number of rotatable bonds is 7. The maximum Gasteiger partial charge on any atom is 0.290 e. The summed E-state index contributed by atoms with van der Waals surface area (Å²) in [5, 5.41) is 16.1. The average Bonchev–Trinajstić information content (AvgIpc) is 3.63. The number of carbonyl (C=O) groups is 1. The van der Waals surface area contributed by atoms with E-state index in [-0.39, 0.29) is 11.7 Å². The molecule has 1 atom stereocenters. The van der Waals surface area contributed by atoms with E-state index in [9.17, 15) is 14.7 Å². The van der Waals surface area contributed by atoms with Crippen LogP contribution < -0.4 is 15.0 Å². The molecule has 0 radical (unpaired) electrons. The summed E-state index contributed by atoms with van der Waals surface area (Å²) in [7, 11) is 2.97. The van der Waals surface area contributed by atoms with Crippen molar-refractivity contribution in [2.75, 3.05) is 27.3 Å². The zero-order chi connectivity index (χ0) is 26.8. The second-order valence-corrected chi connectivity index (χ2v) is 8.99. The molecular weight excluding hydrogens is 486 g/mol. The van der Waals surface area contributed by atoms with Crippen LogP contribution in [0.5, 0.6) is 17.4 Å². The molecule has 2 aromatic carbocycles. The van der Waals surface area contributed by atoms with Gasteiger partial charge in [0.2, 0.25) is 5.88 Å². The van der Waals surface area contributed by atoms with Gasteiger partial charge in [-0.15, -0.1) is 0 Å². The number of hydrogen-bond donors (Lipinski definition) is 1.